The summed E-state index contributed by atoms with van der Waals surface area (Å²) in [4.78, 5) is 1.60. The summed E-state index contributed by atoms with van der Waals surface area (Å²) >= 11 is 2.01. The van der Waals surface area contributed by atoms with Crippen molar-refractivity contribution in [1.82, 2.24) is 4.57 Å². The first-order valence-corrected chi connectivity index (χ1v) is 10.1. The zero-order valence-electron chi connectivity index (χ0n) is 14.8. The molecular formula is C24H21NS. The molecule has 0 atom stereocenters. The van der Waals surface area contributed by atoms with E-state index in [2.05, 4.69) is 54.1 Å². The molecule has 0 N–H and O–H groups in total. The van der Waals surface area contributed by atoms with E-state index in [-0.39, 0.29) is 0 Å². The summed E-state index contributed by atoms with van der Waals surface area (Å²) in [6, 6.07) is 13.3. The Bertz CT molecular complexity index is 1220. The number of hydrogen-bond donors (Lipinski definition) is 0. The van der Waals surface area contributed by atoms with Crippen LogP contribution in [-0.4, -0.2) is 4.57 Å². The molecule has 0 saturated carbocycles. The molecule has 1 aliphatic rings. The molecule has 5 rings (SSSR count). The Kier molecular flexibility index (Phi) is 3.61. The standard InChI is InChI=1S/C24H21NS/c1-3-9-16(4-2)25-20-12-7-5-11-19(20)23-21(25)15-14-18-17-10-6-8-13-22(17)26-24(18)23/h3-5,7,9,11-12,14-15H,1-2,6,8,10,13H2/b16-9+. The maximum atomic E-state index is 4.03. The molecule has 0 bridgehead atoms. The number of benzene rings is 2. The van der Waals surface area contributed by atoms with Crippen molar-refractivity contribution in [3.05, 3.63) is 78.2 Å². The molecule has 0 radical (unpaired) electrons. The first kappa shape index (κ1) is 15.7. The Morgan fingerprint density at radius 2 is 1.81 bits per heavy atom. The number of fused-ring (bicyclic) bond motifs is 7. The van der Waals surface area contributed by atoms with E-state index in [1.165, 1.54) is 57.6 Å². The number of hydrogen-bond acceptors (Lipinski definition) is 1. The van der Waals surface area contributed by atoms with Gasteiger partial charge in [0, 0.05) is 26.0 Å². The topological polar surface area (TPSA) is 4.93 Å². The highest BCUT2D eigenvalue weighted by molar-refractivity contribution is 7.20. The molecule has 0 fully saturated rings. The molecular weight excluding hydrogens is 334 g/mol. The van der Waals surface area contributed by atoms with Crippen LogP contribution >= 0.6 is 11.3 Å². The predicted octanol–water partition coefficient (Wildman–Crippen LogP) is 7.10. The summed E-state index contributed by atoms with van der Waals surface area (Å²) in [5.41, 5.74) is 5.15. The first-order valence-electron chi connectivity index (χ1n) is 9.25. The molecule has 0 amide bonds. The highest BCUT2D eigenvalue weighted by Gasteiger charge is 2.20. The molecule has 128 valence electrons. The Balaban J connectivity index is 1.99. The van der Waals surface area contributed by atoms with Crippen LogP contribution in [0.1, 0.15) is 23.3 Å². The zero-order chi connectivity index (χ0) is 17.7. The average molecular weight is 356 g/mol. The number of rotatable bonds is 3. The molecule has 0 saturated heterocycles. The van der Waals surface area contributed by atoms with Crippen molar-refractivity contribution in [2.45, 2.75) is 25.7 Å². The van der Waals surface area contributed by atoms with Crippen molar-refractivity contribution in [1.29, 1.82) is 0 Å². The molecule has 4 aromatic rings. The van der Waals surface area contributed by atoms with Gasteiger partial charge < -0.3 is 4.57 Å². The number of allylic oxidation sites excluding steroid dienone is 4. The normalized spacial score (nSPS) is 14.8. The van der Waals surface area contributed by atoms with E-state index < -0.39 is 0 Å². The largest absolute Gasteiger partial charge is 0.309 e. The SMILES string of the molecule is C=C/C=C(\C=C)n1c2ccccc2c2c3sc4c(c3ccc21)CCCC4. The molecule has 0 aliphatic heterocycles. The quantitative estimate of drug-likeness (QED) is 0.345. The molecule has 2 heteroatoms. The number of nitrogens with zero attached hydrogens (tertiary/aromatic N) is 1. The second-order valence-corrected chi connectivity index (χ2v) is 8.04. The van der Waals surface area contributed by atoms with Crippen molar-refractivity contribution in [2.24, 2.45) is 0 Å². The third-order valence-corrected chi connectivity index (χ3v) is 6.84. The summed E-state index contributed by atoms with van der Waals surface area (Å²) in [5.74, 6) is 0. The Morgan fingerprint density at radius 3 is 2.65 bits per heavy atom. The van der Waals surface area contributed by atoms with Crippen LogP contribution in [0.15, 0.2) is 67.8 Å². The van der Waals surface area contributed by atoms with Gasteiger partial charge in [0.25, 0.3) is 0 Å². The molecule has 1 aliphatic carbocycles. The number of aryl methyl sites for hydroxylation is 2. The van der Waals surface area contributed by atoms with E-state index in [9.17, 15) is 0 Å². The second-order valence-electron chi connectivity index (χ2n) is 6.93. The lowest BCUT2D eigenvalue weighted by molar-refractivity contribution is 0.700. The van der Waals surface area contributed by atoms with Crippen molar-refractivity contribution >= 4 is 48.9 Å². The first-order chi connectivity index (χ1) is 12.8. The summed E-state index contributed by atoms with van der Waals surface area (Å²) in [6.45, 7) is 7.91. The van der Waals surface area contributed by atoms with Gasteiger partial charge in [0.1, 0.15) is 0 Å². The van der Waals surface area contributed by atoms with Gasteiger partial charge in [-0.1, -0.05) is 43.5 Å². The minimum Gasteiger partial charge on any atom is -0.309 e. The van der Waals surface area contributed by atoms with Gasteiger partial charge in [-0.05, 0) is 60.9 Å². The highest BCUT2D eigenvalue weighted by atomic mass is 32.1. The third kappa shape index (κ3) is 2.09. The van der Waals surface area contributed by atoms with Gasteiger partial charge in [0.2, 0.25) is 0 Å². The maximum Gasteiger partial charge on any atom is 0.0555 e. The van der Waals surface area contributed by atoms with Crippen molar-refractivity contribution in [3.63, 3.8) is 0 Å². The van der Waals surface area contributed by atoms with E-state index in [0.29, 0.717) is 0 Å². The molecule has 26 heavy (non-hydrogen) atoms. The fourth-order valence-corrected chi connectivity index (χ4v) is 5.85. The lowest BCUT2D eigenvalue weighted by Gasteiger charge is -2.10. The van der Waals surface area contributed by atoms with Gasteiger partial charge in [-0.3, -0.25) is 0 Å². The summed E-state index contributed by atoms with van der Waals surface area (Å²) in [7, 11) is 0. The van der Waals surface area contributed by atoms with Crippen LogP contribution in [0.25, 0.3) is 37.6 Å². The van der Waals surface area contributed by atoms with Crippen molar-refractivity contribution in [2.75, 3.05) is 0 Å². The van der Waals surface area contributed by atoms with Gasteiger partial charge in [-0.15, -0.1) is 11.3 Å². The van der Waals surface area contributed by atoms with E-state index in [1.54, 1.807) is 10.4 Å². The highest BCUT2D eigenvalue weighted by Crippen LogP contribution is 2.44. The minimum absolute atomic E-state index is 1.06. The van der Waals surface area contributed by atoms with Gasteiger partial charge in [-0.25, -0.2) is 0 Å². The van der Waals surface area contributed by atoms with E-state index in [4.69, 9.17) is 0 Å². The maximum absolute atomic E-state index is 4.03. The van der Waals surface area contributed by atoms with Crippen LogP contribution in [0.4, 0.5) is 0 Å². The number of para-hydroxylation sites is 1. The fraction of sp³-hybridized carbons (Fsp3) is 0.167. The fourth-order valence-electron chi connectivity index (χ4n) is 4.40. The molecule has 2 heterocycles. The summed E-state index contributed by atoms with van der Waals surface area (Å²) in [5, 5.41) is 4.17. The van der Waals surface area contributed by atoms with Crippen LogP contribution in [0.5, 0.6) is 0 Å². The lowest BCUT2D eigenvalue weighted by Crippen LogP contribution is -1.97. The van der Waals surface area contributed by atoms with E-state index >= 15 is 0 Å². The van der Waals surface area contributed by atoms with Crippen LogP contribution in [0.3, 0.4) is 0 Å². The van der Waals surface area contributed by atoms with E-state index in [1.807, 2.05) is 29.6 Å². The van der Waals surface area contributed by atoms with Crippen LogP contribution in [-0.2, 0) is 12.8 Å². The number of thiophene rings is 1. The smallest absolute Gasteiger partial charge is 0.0555 e. The minimum atomic E-state index is 1.06. The van der Waals surface area contributed by atoms with E-state index in [0.717, 1.165) is 5.70 Å². The van der Waals surface area contributed by atoms with Crippen LogP contribution in [0, 0.1) is 0 Å². The summed E-state index contributed by atoms with van der Waals surface area (Å²) < 4.78 is 3.77. The van der Waals surface area contributed by atoms with Gasteiger partial charge >= 0.3 is 0 Å². The molecule has 2 aromatic carbocycles. The average Bonchev–Trinajstić information content (AvgIpc) is 3.22. The molecule has 0 unspecified atom stereocenters. The monoisotopic (exact) mass is 355 g/mol. The Hall–Kier alpha value is -2.58. The van der Waals surface area contributed by atoms with Gasteiger partial charge in [0.05, 0.1) is 11.0 Å². The van der Waals surface area contributed by atoms with Crippen LogP contribution in [0.2, 0.25) is 0 Å². The predicted molar refractivity (Wildman–Crippen MR) is 116 cm³/mol. The van der Waals surface area contributed by atoms with Crippen molar-refractivity contribution < 1.29 is 0 Å². The van der Waals surface area contributed by atoms with Gasteiger partial charge in [-0.2, -0.15) is 0 Å². The lowest BCUT2D eigenvalue weighted by atomic mass is 9.95. The Morgan fingerprint density at radius 1 is 0.962 bits per heavy atom. The summed E-state index contributed by atoms with van der Waals surface area (Å²) in [6.07, 6.45) is 10.9. The molecule has 0 spiro atoms. The second kappa shape index (κ2) is 6.00. The van der Waals surface area contributed by atoms with Gasteiger partial charge in [0.15, 0.2) is 0 Å². The van der Waals surface area contributed by atoms with Crippen molar-refractivity contribution in [3.8, 4) is 0 Å². The molecule has 2 aromatic heterocycles. The number of aromatic nitrogens is 1. The zero-order valence-corrected chi connectivity index (χ0v) is 15.6. The Labute approximate surface area is 157 Å². The third-order valence-electron chi connectivity index (χ3n) is 5.51. The van der Waals surface area contributed by atoms with Crippen LogP contribution < -0.4 is 0 Å². The molecule has 1 nitrogen and oxygen atoms in total.